The molecule has 1 N–H and O–H groups in total. The number of halogens is 2. The van der Waals surface area contributed by atoms with Crippen molar-refractivity contribution in [3.63, 3.8) is 0 Å². The Balaban J connectivity index is 1.84. The van der Waals surface area contributed by atoms with Crippen LogP contribution in [-0.4, -0.2) is 58.0 Å². The minimum atomic E-state index is -4.46. The second-order valence-electron chi connectivity index (χ2n) is 11.1. The monoisotopic (exact) mass is 695 g/mol. The summed E-state index contributed by atoms with van der Waals surface area (Å²) in [5.41, 5.74) is 1.41. The Bertz CT molecular complexity index is 1810. The lowest BCUT2D eigenvalue weighted by Gasteiger charge is -2.34. The molecule has 0 radical (unpaired) electrons. The van der Waals surface area contributed by atoms with Crippen LogP contribution in [0.5, 0.6) is 11.5 Å². The van der Waals surface area contributed by atoms with E-state index in [-0.39, 0.29) is 35.3 Å². The van der Waals surface area contributed by atoms with Crippen LogP contribution in [0.2, 0.25) is 5.02 Å². The van der Waals surface area contributed by atoms with Gasteiger partial charge >= 0.3 is 0 Å². The van der Waals surface area contributed by atoms with Gasteiger partial charge in [-0.25, -0.2) is 12.8 Å². The van der Waals surface area contributed by atoms with Crippen LogP contribution < -0.4 is 19.1 Å². The fourth-order valence-corrected chi connectivity index (χ4v) is 6.67. The third-order valence-corrected chi connectivity index (χ3v) is 10.0. The maximum absolute atomic E-state index is 14.6. The smallest absolute Gasteiger partial charge is 0.264 e. The molecule has 0 saturated carbocycles. The lowest BCUT2D eigenvalue weighted by molar-refractivity contribution is -0.140. The van der Waals surface area contributed by atoms with Crippen molar-refractivity contribution in [2.75, 3.05) is 25.1 Å². The molecule has 0 aliphatic rings. The molecule has 0 heterocycles. The van der Waals surface area contributed by atoms with Gasteiger partial charge in [-0.15, -0.1) is 0 Å². The molecular formula is C36H39ClFN3O6S. The number of nitrogens with zero attached hydrogens (tertiary/aromatic N) is 2. The van der Waals surface area contributed by atoms with Crippen molar-refractivity contribution in [1.29, 1.82) is 0 Å². The van der Waals surface area contributed by atoms with Crippen molar-refractivity contribution < 1.29 is 31.9 Å². The number of hydrogen-bond donors (Lipinski definition) is 1. The summed E-state index contributed by atoms with van der Waals surface area (Å²) in [6.07, 6.45) is 0.808. The van der Waals surface area contributed by atoms with Crippen molar-refractivity contribution in [2.45, 2.75) is 50.2 Å². The first-order valence-electron chi connectivity index (χ1n) is 15.4. The molecule has 2 atom stereocenters. The fourth-order valence-electron chi connectivity index (χ4n) is 5.05. The quantitative estimate of drug-likeness (QED) is 0.158. The molecule has 0 fully saturated rings. The van der Waals surface area contributed by atoms with Gasteiger partial charge in [0.05, 0.1) is 24.8 Å². The molecule has 0 unspecified atom stereocenters. The highest BCUT2D eigenvalue weighted by atomic mass is 35.5. The maximum Gasteiger partial charge on any atom is 0.264 e. The fraction of sp³-hybridized carbons (Fsp3) is 0.278. The first-order valence-corrected chi connectivity index (χ1v) is 17.2. The van der Waals surface area contributed by atoms with Crippen LogP contribution in [0.25, 0.3) is 0 Å². The number of anilines is 1. The molecular weight excluding hydrogens is 657 g/mol. The molecule has 48 heavy (non-hydrogen) atoms. The second-order valence-corrected chi connectivity index (χ2v) is 13.4. The van der Waals surface area contributed by atoms with Crippen molar-refractivity contribution in [3.8, 4) is 11.5 Å². The number of methoxy groups -OCH3 is 2. The van der Waals surface area contributed by atoms with Gasteiger partial charge in [-0.05, 0) is 66.9 Å². The van der Waals surface area contributed by atoms with Crippen molar-refractivity contribution in [2.24, 2.45) is 0 Å². The van der Waals surface area contributed by atoms with Gasteiger partial charge in [0.2, 0.25) is 11.8 Å². The summed E-state index contributed by atoms with van der Waals surface area (Å²) in [5, 5.41) is 3.37. The van der Waals surface area contributed by atoms with E-state index in [1.807, 2.05) is 44.2 Å². The number of sulfonamides is 1. The highest BCUT2D eigenvalue weighted by molar-refractivity contribution is 7.92. The minimum Gasteiger partial charge on any atom is -0.493 e. The number of rotatable bonds is 15. The molecule has 0 bridgehead atoms. The lowest BCUT2D eigenvalue weighted by Crippen LogP contribution is -2.54. The van der Waals surface area contributed by atoms with Gasteiger partial charge < -0.3 is 19.7 Å². The Hall–Kier alpha value is -4.61. The number of ether oxygens (including phenoxy) is 2. The molecule has 4 rings (SSSR count). The van der Waals surface area contributed by atoms with E-state index >= 15 is 0 Å². The van der Waals surface area contributed by atoms with Gasteiger partial charge in [0, 0.05) is 30.1 Å². The average Bonchev–Trinajstić information content (AvgIpc) is 3.09. The first kappa shape index (κ1) is 36.2. The predicted molar refractivity (Wildman–Crippen MR) is 184 cm³/mol. The summed E-state index contributed by atoms with van der Waals surface area (Å²) in [5.74, 6) is -1.19. The largest absolute Gasteiger partial charge is 0.493 e. The topological polar surface area (TPSA) is 105 Å². The molecule has 4 aromatic rings. The zero-order valence-corrected chi connectivity index (χ0v) is 28.8. The summed E-state index contributed by atoms with van der Waals surface area (Å²) in [6.45, 7) is 3.00. The molecule has 0 aliphatic carbocycles. The van der Waals surface area contributed by atoms with Gasteiger partial charge in [-0.3, -0.25) is 13.9 Å². The Kier molecular flexibility index (Phi) is 12.4. The van der Waals surface area contributed by atoms with Crippen LogP contribution in [0.1, 0.15) is 31.4 Å². The van der Waals surface area contributed by atoms with E-state index in [0.29, 0.717) is 22.8 Å². The van der Waals surface area contributed by atoms with Gasteiger partial charge in [-0.1, -0.05) is 67.1 Å². The van der Waals surface area contributed by atoms with Gasteiger partial charge in [-0.2, -0.15) is 0 Å². The summed E-state index contributed by atoms with van der Waals surface area (Å²) in [4.78, 5) is 29.7. The van der Waals surface area contributed by atoms with Crippen molar-refractivity contribution in [1.82, 2.24) is 10.2 Å². The van der Waals surface area contributed by atoms with Crippen LogP contribution >= 0.6 is 11.6 Å². The SMILES string of the molecule is CC[C@H](C)NC(=O)[C@@H](Cc1ccccc1)N(Cc1ccccc1Cl)C(=O)CN(c1ccc(F)cc1)S(=O)(=O)c1ccc(OC)c(OC)c1. The summed E-state index contributed by atoms with van der Waals surface area (Å²) in [7, 11) is -1.66. The maximum atomic E-state index is 14.6. The van der Waals surface area contributed by atoms with E-state index in [0.717, 1.165) is 22.0 Å². The Morgan fingerprint density at radius 3 is 2.17 bits per heavy atom. The normalized spacial score (nSPS) is 12.5. The minimum absolute atomic E-state index is 0.0425. The first-order chi connectivity index (χ1) is 23.0. The van der Waals surface area contributed by atoms with E-state index in [1.165, 1.54) is 49.5 Å². The van der Waals surface area contributed by atoms with Crippen molar-refractivity contribution in [3.05, 3.63) is 119 Å². The van der Waals surface area contributed by atoms with Gasteiger partial charge in [0.25, 0.3) is 10.0 Å². The number of carbonyl (C=O) groups excluding carboxylic acids is 2. The number of amides is 2. The molecule has 0 spiro atoms. The molecule has 0 saturated heterocycles. The van der Waals surface area contributed by atoms with E-state index in [4.69, 9.17) is 21.1 Å². The van der Waals surface area contributed by atoms with Gasteiger partial charge in [0.15, 0.2) is 11.5 Å². The van der Waals surface area contributed by atoms with Crippen LogP contribution in [0, 0.1) is 5.82 Å². The lowest BCUT2D eigenvalue weighted by atomic mass is 10.0. The Labute approximate surface area is 286 Å². The Morgan fingerprint density at radius 2 is 1.54 bits per heavy atom. The van der Waals surface area contributed by atoms with Crippen LogP contribution in [-0.2, 0) is 32.6 Å². The van der Waals surface area contributed by atoms with E-state index in [9.17, 15) is 22.4 Å². The standard InChI is InChI=1S/C36H39ClFN3O6S/c1-5-25(2)39-36(43)32(21-26-11-7-6-8-12-26)40(23-27-13-9-10-14-31(27)37)35(42)24-41(29-17-15-28(38)16-18-29)48(44,45)30-19-20-33(46-3)34(22-30)47-4/h6-20,22,25,32H,5,21,23-24H2,1-4H3,(H,39,43)/t25-,32+/m0/s1. The van der Waals surface area contributed by atoms with Crippen LogP contribution in [0.3, 0.4) is 0 Å². The molecule has 12 heteroatoms. The third kappa shape index (κ3) is 8.84. The molecule has 2 amide bonds. The molecule has 0 aromatic heterocycles. The summed E-state index contributed by atoms with van der Waals surface area (Å²) >= 11 is 6.54. The third-order valence-electron chi connectivity index (χ3n) is 7.91. The van der Waals surface area contributed by atoms with Gasteiger partial charge in [0.1, 0.15) is 18.4 Å². The second kappa shape index (κ2) is 16.5. The predicted octanol–water partition coefficient (Wildman–Crippen LogP) is 6.25. The van der Waals surface area contributed by atoms with Crippen molar-refractivity contribution >= 4 is 39.1 Å². The zero-order chi connectivity index (χ0) is 34.8. The number of benzene rings is 4. The molecule has 0 aliphatic heterocycles. The zero-order valence-electron chi connectivity index (χ0n) is 27.2. The highest BCUT2D eigenvalue weighted by Crippen LogP contribution is 2.33. The Morgan fingerprint density at radius 1 is 0.896 bits per heavy atom. The van der Waals surface area contributed by atoms with E-state index in [1.54, 1.807) is 24.3 Å². The number of nitrogens with one attached hydrogen (secondary N) is 1. The van der Waals surface area contributed by atoms with E-state index in [2.05, 4.69) is 5.32 Å². The van der Waals surface area contributed by atoms with E-state index < -0.39 is 40.2 Å². The molecule has 4 aromatic carbocycles. The molecule has 254 valence electrons. The number of carbonyl (C=O) groups is 2. The highest BCUT2D eigenvalue weighted by Gasteiger charge is 2.35. The average molecular weight is 696 g/mol. The van der Waals surface area contributed by atoms with Crippen LogP contribution in [0.4, 0.5) is 10.1 Å². The summed E-state index contributed by atoms with van der Waals surface area (Å²) in [6, 6.07) is 23.8. The van der Waals surface area contributed by atoms with Crippen LogP contribution in [0.15, 0.2) is 102 Å². The summed E-state index contributed by atoms with van der Waals surface area (Å²) < 4.78 is 54.1. The number of hydrogen-bond acceptors (Lipinski definition) is 6. The molecule has 9 nitrogen and oxygen atoms in total.